The molecule has 4 aliphatic carbocycles. The van der Waals surface area contributed by atoms with Crippen LogP contribution in [0.25, 0.3) is 6.08 Å². The van der Waals surface area contributed by atoms with Gasteiger partial charge in [-0.25, -0.2) is 0 Å². The molecule has 1 aromatic carbocycles. The van der Waals surface area contributed by atoms with E-state index in [2.05, 4.69) is 12.2 Å². The second-order valence-electron chi connectivity index (χ2n) is 9.20. The van der Waals surface area contributed by atoms with Crippen molar-refractivity contribution in [3.63, 3.8) is 0 Å². The first-order valence-corrected chi connectivity index (χ1v) is 10.7. The predicted octanol–water partition coefficient (Wildman–Crippen LogP) is 4.33. The van der Waals surface area contributed by atoms with Gasteiger partial charge in [0.25, 0.3) is 0 Å². The number of ether oxygens (including phenoxy) is 2. The summed E-state index contributed by atoms with van der Waals surface area (Å²) >= 11 is 0. The lowest BCUT2D eigenvalue weighted by Crippen LogP contribution is -2.55. The SMILES string of the molecule is COc1cc(/C=C/C(=O)N[C@@H](C)C23CC4CC(CC(C4)C2)C3)ccc1OCC#N. The number of nitriles is 1. The van der Waals surface area contributed by atoms with E-state index in [1.807, 2.05) is 12.1 Å². The fraction of sp³-hybridized carbons (Fsp3) is 0.583. The van der Waals surface area contributed by atoms with Crippen LogP contribution in [-0.2, 0) is 4.79 Å². The molecule has 1 atom stereocenters. The van der Waals surface area contributed by atoms with Crippen LogP contribution < -0.4 is 14.8 Å². The molecule has 4 fully saturated rings. The molecule has 5 heteroatoms. The van der Waals surface area contributed by atoms with Gasteiger partial charge in [0, 0.05) is 12.1 Å². The highest BCUT2D eigenvalue weighted by Crippen LogP contribution is 2.61. The Hall–Kier alpha value is -2.48. The monoisotopic (exact) mass is 394 g/mol. The Bertz CT molecular complexity index is 804. The maximum absolute atomic E-state index is 12.6. The Labute approximate surface area is 173 Å². The zero-order valence-electron chi connectivity index (χ0n) is 17.3. The van der Waals surface area contributed by atoms with Crippen molar-refractivity contribution < 1.29 is 14.3 Å². The first-order valence-electron chi connectivity index (χ1n) is 10.7. The van der Waals surface area contributed by atoms with Gasteiger partial charge in [0.15, 0.2) is 18.1 Å². The minimum Gasteiger partial charge on any atom is -0.493 e. The number of benzene rings is 1. The van der Waals surface area contributed by atoms with Crippen molar-refractivity contribution in [2.75, 3.05) is 13.7 Å². The van der Waals surface area contributed by atoms with Gasteiger partial charge in [-0.1, -0.05) is 6.07 Å². The van der Waals surface area contributed by atoms with Crippen molar-refractivity contribution >= 4 is 12.0 Å². The molecule has 4 saturated carbocycles. The molecule has 0 heterocycles. The van der Waals surface area contributed by atoms with Crippen LogP contribution in [0.15, 0.2) is 24.3 Å². The minimum absolute atomic E-state index is 0.0316. The minimum atomic E-state index is -0.0444. The van der Waals surface area contributed by atoms with Gasteiger partial charge in [-0.15, -0.1) is 0 Å². The van der Waals surface area contributed by atoms with Crippen molar-refractivity contribution in [3.05, 3.63) is 29.8 Å². The molecule has 0 radical (unpaired) electrons. The van der Waals surface area contributed by atoms with Crippen LogP contribution in [0.3, 0.4) is 0 Å². The summed E-state index contributed by atoms with van der Waals surface area (Å²) in [7, 11) is 1.56. The second kappa shape index (κ2) is 8.10. The molecule has 1 aromatic rings. The van der Waals surface area contributed by atoms with Crippen LogP contribution in [-0.4, -0.2) is 25.7 Å². The number of hydrogen-bond acceptors (Lipinski definition) is 4. The first kappa shape index (κ1) is 19.8. The topological polar surface area (TPSA) is 71.3 Å². The predicted molar refractivity (Wildman–Crippen MR) is 111 cm³/mol. The van der Waals surface area contributed by atoms with E-state index in [-0.39, 0.29) is 18.6 Å². The molecule has 4 bridgehead atoms. The summed E-state index contributed by atoms with van der Waals surface area (Å²) in [6.07, 6.45) is 11.5. The van der Waals surface area contributed by atoms with Gasteiger partial charge in [-0.3, -0.25) is 4.79 Å². The lowest BCUT2D eigenvalue weighted by Gasteiger charge is -2.59. The molecule has 0 saturated heterocycles. The third-order valence-electron chi connectivity index (χ3n) is 7.27. The van der Waals surface area contributed by atoms with Gasteiger partial charge in [-0.05, 0) is 92.4 Å². The highest BCUT2D eigenvalue weighted by Gasteiger charge is 2.53. The summed E-state index contributed by atoms with van der Waals surface area (Å²) in [5.74, 6) is 3.66. The molecule has 0 aliphatic heterocycles. The maximum atomic E-state index is 12.6. The van der Waals surface area contributed by atoms with Crippen molar-refractivity contribution in [3.8, 4) is 17.6 Å². The van der Waals surface area contributed by atoms with E-state index in [1.165, 1.54) is 38.5 Å². The fourth-order valence-corrected chi connectivity index (χ4v) is 6.31. The standard InChI is InChI=1S/C24H30N2O3/c1-16(24-13-18-9-19(14-24)11-20(10-18)15-24)26-23(27)6-4-17-3-5-21(29-8-7-25)22(12-17)28-2/h3-6,12,16,18-20H,8-11,13-15H2,1-2H3,(H,26,27)/b6-4+/t16-,18?,19?,20?,24?/m0/s1. The van der Waals surface area contributed by atoms with Gasteiger partial charge in [0.05, 0.1) is 7.11 Å². The van der Waals surface area contributed by atoms with Crippen molar-refractivity contribution in [2.45, 2.75) is 51.5 Å². The lowest BCUT2D eigenvalue weighted by molar-refractivity contribution is -0.121. The van der Waals surface area contributed by atoms with E-state index in [0.717, 1.165) is 23.3 Å². The van der Waals surface area contributed by atoms with Crippen LogP contribution in [0.2, 0.25) is 0 Å². The number of carbonyl (C=O) groups is 1. The van der Waals surface area contributed by atoms with Crippen LogP contribution in [0, 0.1) is 34.5 Å². The summed E-state index contributed by atoms with van der Waals surface area (Å²) in [5, 5.41) is 11.9. The average Bonchev–Trinajstić information content (AvgIpc) is 2.70. The highest BCUT2D eigenvalue weighted by atomic mass is 16.5. The molecule has 29 heavy (non-hydrogen) atoms. The van der Waals surface area contributed by atoms with E-state index in [1.54, 1.807) is 31.4 Å². The molecule has 0 unspecified atom stereocenters. The Morgan fingerprint density at radius 1 is 1.24 bits per heavy atom. The van der Waals surface area contributed by atoms with E-state index in [4.69, 9.17) is 14.7 Å². The molecule has 5 nitrogen and oxygen atoms in total. The third kappa shape index (κ3) is 4.12. The lowest BCUT2D eigenvalue weighted by atomic mass is 9.48. The van der Waals surface area contributed by atoms with Crippen molar-refractivity contribution in [1.82, 2.24) is 5.32 Å². The molecule has 0 aromatic heterocycles. The third-order valence-corrected chi connectivity index (χ3v) is 7.27. The molecule has 4 aliphatic rings. The Kier molecular flexibility index (Phi) is 5.54. The summed E-state index contributed by atoms with van der Waals surface area (Å²) in [5.41, 5.74) is 1.16. The number of carbonyl (C=O) groups excluding carboxylic acids is 1. The Morgan fingerprint density at radius 3 is 2.48 bits per heavy atom. The summed E-state index contributed by atoms with van der Waals surface area (Å²) in [6.45, 7) is 2.17. The van der Waals surface area contributed by atoms with Gasteiger partial charge < -0.3 is 14.8 Å². The Balaban J connectivity index is 1.38. The Morgan fingerprint density at radius 2 is 1.90 bits per heavy atom. The molecular formula is C24H30N2O3. The maximum Gasteiger partial charge on any atom is 0.244 e. The number of amides is 1. The zero-order valence-corrected chi connectivity index (χ0v) is 17.3. The van der Waals surface area contributed by atoms with Crippen LogP contribution in [0.4, 0.5) is 0 Å². The molecule has 1 N–H and O–H groups in total. The summed E-state index contributed by atoms with van der Waals surface area (Å²) in [4.78, 5) is 12.6. The van der Waals surface area contributed by atoms with Gasteiger partial charge >= 0.3 is 0 Å². The molecule has 0 spiro atoms. The van der Waals surface area contributed by atoms with Crippen LogP contribution in [0.1, 0.15) is 51.0 Å². The molecule has 154 valence electrons. The summed E-state index contributed by atoms with van der Waals surface area (Å²) in [6, 6.07) is 7.56. The van der Waals surface area contributed by atoms with Gasteiger partial charge in [-0.2, -0.15) is 5.26 Å². The van der Waals surface area contributed by atoms with E-state index in [0.29, 0.717) is 16.9 Å². The second-order valence-corrected chi connectivity index (χ2v) is 9.20. The highest BCUT2D eigenvalue weighted by molar-refractivity contribution is 5.92. The van der Waals surface area contributed by atoms with Crippen LogP contribution in [0.5, 0.6) is 11.5 Å². The quantitative estimate of drug-likeness (QED) is 0.699. The number of rotatable bonds is 7. The zero-order chi connectivity index (χ0) is 20.4. The number of nitrogens with zero attached hydrogens (tertiary/aromatic N) is 1. The van der Waals surface area contributed by atoms with Crippen LogP contribution >= 0.6 is 0 Å². The molecular weight excluding hydrogens is 364 g/mol. The fourth-order valence-electron chi connectivity index (χ4n) is 6.31. The van der Waals surface area contributed by atoms with E-state index < -0.39 is 0 Å². The number of methoxy groups -OCH3 is 1. The number of hydrogen-bond donors (Lipinski definition) is 1. The van der Waals surface area contributed by atoms with E-state index >= 15 is 0 Å². The first-order chi connectivity index (χ1) is 14.0. The number of nitrogens with one attached hydrogen (secondary N) is 1. The average molecular weight is 395 g/mol. The molecule has 1 amide bonds. The van der Waals surface area contributed by atoms with Crippen molar-refractivity contribution in [2.24, 2.45) is 23.2 Å². The van der Waals surface area contributed by atoms with E-state index in [9.17, 15) is 4.79 Å². The van der Waals surface area contributed by atoms with Gasteiger partial charge in [0.1, 0.15) is 6.07 Å². The largest absolute Gasteiger partial charge is 0.493 e. The van der Waals surface area contributed by atoms with Crippen molar-refractivity contribution in [1.29, 1.82) is 5.26 Å². The normalized spacial score (nSPS) is 30.7. The van der Waals surface area contributed by atoms with Gasteiger partial charge in [0.2, 0.25) is 5.91 Å². The molecule has 5 rings (SSSR count). The summed E-state index contributed by atoms with van der Waals surface area (Å²) < 4.78 is 10.7. The smallest absolute Gasteiger partial charge is 0.244 e.